The number of ether oxygens (including phenoxy) is 2. The zero-order valence-corrected chi connectivity index (χ0v) is 23.6. The Kier molecular flexibility index (Phi) is 15.1. The molecule has 0 spiro atoms. The Bertz CT molecular complexity index is 412. The van der Waals surface area contributed by atoms with Crippen molar-refractivity contribution in [1.29, 1.82) is 0 Å². The molecule has 0 heterocycles. The van der Waals surface area contributed by atoms with E-state index in [1.807, 2.05) is 21.0 Å². The lowest BCUT2D eigenvalue weighted by atomic mass is 9.66. The van der Waals surface area contributed by atoms with Gasteiger partial charge in [-0.1, -0.05) is 75.2 Å². The van der Waals surface area contributed by atoms with E-state index in [1.165, 1.54) is 38.5 Å². The summed E-state index contributed by atoms with van der Waals surface area (Å²) in [5.74, 6) is 0.775. The highest BCUT2D eigenvalue weighted by Gasteiger charge is 2.40. The van der Waals surface area contributed by atoms with Crippen LogP contribution >= 0.6 is 0 Å². The summed E-state index contributed by atoms with van der Waals surface area (Å²) in [6.45, 7) is 29.2. The van der Waals surface area contributed by atoms with Crippen LogP contribution in [-0.2, 0) is 9.47 Å². The summed E-state index contributed by atoms with van der Waals surface area (Å²) in [6, 6.07) is 0. The summed E-state index contributed by atoms with van der Waals surface area (Å²) in [7, 11) is 1.85. The average molecular weight is 429 g/mol. The van der Waals surface area contributed by atoms with E-state index in [9.17, 15) is 0 Å². The lowest BCUT2D eigenvalue weighted by molar-refractivity contribution is -0.156. The fourth-order valence-corrected chi connectivity index (χ4v) is 5.42. The predicted octanol–water partition coefficient (Wildman–Crippen LogP) is 9.45. The lowest BCUT2D eigenvalue weighted by Gasteiger charge is -2.46. The van der Waals surface area contributed by atoms with Gasteiger partial charge in [0.2, 0.25) is 0 Å². The molecule has 0 N–H and O–H groups in total. The Balaban J connectivity index is 0. The molecule has 0 atom stereocenters. The predicted molar refractivity (Wildman–Crippen MR) is 136 cm³/mol. The zero-order valence-electron chi connectivity index (χ0n) is 23.6. The monoisotopic (exact) mass is 428 g/mol. The molecular weight excluding hydrogens is 368 g/mol. The van der Waals surface area contributed by atoms with E-state index >= 15 is 0 Å². The number of methoxy groups -OCH3 is 1. The van der Waals surface area contributed by atoms with Gasteiger partial charge in [0.15, 0.2) is 0 Å². The van der Waals surface area contributed by atoms with Crippen molar-refractivity contribution in [3.63, 3.8) is 0 Å². The first-order valence-electron chi connectivity index (χ1n) is 12.9. The SMILES string of the molecule is CC.CCC.CCC(C)(C)CC(C)(C)OC(C)(C)CC(C)(C)C1CCC(OC)CC1. The van der Waals surface area contributed by atoms with Crippen LogP contribution in [0.15, 0.2) is 0 Å². The van der Waals surface area contributed by atoms with Gasteiger partial charge in [-0.25, -0.2) is 0 Å². The molecule has 1 aliphatic rings. The minimum atomic E-state index is -0.102. The van der Waals surface area contributed by atoms with Crippen LogP contribution in [0.1, 0.15) is 141 Å². The third-order valence-electron chi connectivity index (χ3n) is 6.41. The molecule has 30 heavy (non-hydrogen) atoms. The van der Waals surface area contributed by atoms with Crippen LogP contribution in [0.4, 0.5) is 0 Å². The van der Waals surface area contributed by atoms with E-state index < -0.39 is 0 Å². The highest BCUT2D eigenvalue weighted by atomic mass is 16.5. The van der Waals surface area contributed by atoms with Crippen molar-refractivity contribution in [1.82, 2.24) is 0 Å². The van der Waals surface area contributed by atoms with Crippen molar-refractivity contribution in [2.45, 2.75) is 159 Å². The van der Waals surface area contributed by atoms with Gasteiger partial charge < -0.3 is 9.47 Å². The molecule has 0 amide bonds. The number of hydrogen-bond donors (Lipinski definition) is 0. The Morgan fingerprint density at radius 2 is 1.10 bits per heavy atom. The Labute approximate surface area is 192 Å². The average Bonchev–Trinajstić information content (AvgIpc) is 2.61. The summed E-state index contributed by atoms with van der Waals surface area (Å²) in [6.07, 6.45) is 10.1. The van der Waals surface area contributed by atoms with Crippen LogP contribution < -0.4 is 0 Å². The minimum Gasteiger partial charge on any atom is -0.381 e. The second kappa shape index (κ2) is 14.1. The van der Waals surface area contributed by atoms with E-state index in [1.54, 1.807) is 0 Å². The molecule has 1 fully saturated rings. The molecule has 0 unspecified atom stereocenters. The summed E-state index contributed by atoms with van der Waals surface area (Å²) in [5, 5.41) is 0. The van der Waals surface area contributed by atoms with Crippen molar-refractivity contribution in [3.8, 4) is 0 Å². The number of hydrogen-bond acceptors (Lipinski definition) is 2. The molecule has 0 aliphatic heterocycles. The first-order chi connectivity index (χ1) is 13.6. The molecule has 0 aromatic carbocycles. The molecule has 0 aromatic heterocycles. The summed E-state index contributed by atoms with van der Waals surface area (Å²) in [5.41, 5.74) is 0.438. The maximum Gasteiger partial charge on any atom is 0.0639 e. The first-order valence-corrected chi connectivity index (χ1v) is 12.9. The molecule has 1 saturated carbocycles. The molecule has 0 aromatic rings. The normalized spacial score (nSPS) is 20.6. The molecule has 0 bridgehead atoms. The van der Waals surface area contributed by atoms with E-state index in [0.29, 0.717) is 16.9 Å². The largest absolute Gasteiger partial charge is 0.381 e. The van der Waals surface area contributed by atoms with Gasteiger partial charge in [0.1, 0.15) is 0 Å². The van der Waals surface area contributed by atoms with Crippen molar-refractivity contribution < 1.29 is 9.47 Å². The zero-order chi connectivity index (χ0) is 24.2. The lowest BCUT2D eigenvalue weighted by Crippen LogP contribution is -2.44. The maximum atomic E-state index is 6.71. The van der Waals surface area contributed by atoms with Crippen LogP contribution in [0.25, 0.3) is 0 Å². The Morgan fingerprint density at radius 3 is 1.47 bits per heavy atom. The second-order valence-corrected chi connectivity index (χ2v) is 11.9. The van der Waals surface area contributed by atoms with Crippen molar-refractivity contribution >= 4 is 0 Å². The standard InChI is InChI=1S/C23H46O2.C3H8.C2H6/c1-11-20(2,3)16-22(6,7)25-23(8,9)17-21(4,5)18-12-14-19(24-10)15-13-18;1-3-2;1-2/h18-19H,11-17H2,1-10H3;3H2,1-2H3;1-2H3. The van der Waals surface area contributed by atoms with Crippen LogP contribution in [0.3, 0.4) is 0 Å². The topological polar surface area (TPSA) is 18.5 Å². The van der Waals surface area contributed by atoms with E-state index in [-0.39, 0.29) is 11.2 Å². The third kappa shape index (κ3) is 13.4. The van der Waals surface area contributed by atoms with Gasteiger partial charge in [0.05, 0.1) is 17.3 Å². The first kappa shape index (κ1) is 32.1. The van der Waals surface area contributed by atoms with Gasteiger partial charge in [-0.05, 0) is 83.0 Å². The Morgan fingerprint density at radius 1 is 0.700 bits per heavy atom. The summed E-state index contributed by atoms with van der Waals surface area (Å²) in [4.78, 5) is 0. The highest BCUT2D eigenvalue weighted by molar-refractivity contribution is 4.90. The van der Waals surface area contributed by atoms with Gasteiger partial charge in [-0.3, -0.25) is 0 Å². The molecule has 0 radical (unpaired) electrons. The maximum absolute atomic E-state index is 6.71. The smallest absolute Gasteiger partial charge is 0.0639 e. The fourth-order valence-electron chi connectivity index (χ4n) is 5.42. The molecule has 184 valence electrons. The number of rotatable bonds is 9. The fraction of sp³-hybridized carbons (Fsp3) is 1.00. The highest BCUT2D eigenvalue weighted by Crippen LogP contribution is 2.46. The van der Waals surface area contributed by atoms with Crippen LogP contribution in [-0.4, -0.2) is 24.4 Å². The van der Waals surface area contributed by atoms with Crippen LogP contribution in [0.2, 0.25) is 0 Å². The third-order valence-corrected chi connectivity index (χ3v) is 6.41. The molecule has 2 heteroatoms. The van der Waals surface area contributed by atoms with E-state index in [2.05, 4.69) is 76.2 Å². The molecule has 2 nitrogen and oxygen atoms in total. The van der Waals surface area contributed by atoms with Gasteiger partial charge in [-0.2, -0.15) is 0 Å². The summed E-state index contributed by atoms with van der Waals surface area (Å²) >= 11 is 0. The minimum absolute atomic E-state index is 0.0905. The van der Waals surface area contributed by atoms with E-state index in [4.69, 9.17) is 9.47 Å². The molecule has 1 aliphatic carbocycles. The van der Waals surface area contributed by atoms with Gasteiger partial charge in [0, 0.05) is 7.11 Å². The van der Waals surface area contributed by atoms with E-state index in [0.717, 1.165) is 18.8 Å². The second-order valence-electron chi connectivity index (χ2n) is 11.9. The Hall–Kier alpha value is -0.0800. The molecule has 1 rings (SSSR count). The molecule has 0 saturated heterocycles. The van der Waals surface area contributed by atoms with Crippen LogP contribution in [0, 0.1) is 16.7 Å². The molecular formula is C28H60O2. The van der Waals surface area contributed by atoms with Crippen LogP contribution in [0.5, 0.6) is 0 Å². The van der Waals surface area contributed by atoms with Gasteiger partial charge in [0.25, 0.3) is 0 Å². The van der Waals surface area contributed by atoms with Gasteiger partial charge >= 0.3 is 0 Å². The summed E-state index contributed by atoms with van der Waals surface area (Å²) < 4.78 is 12.3. The van der Waals surface area contributed by atoms with Gasteiger partial charge in [-0.15, -0.1) is 0 Å². The van der Waals surface area contributed by atoms with Crippen molar-refractivity contribution in [2.75, 3.05) is 7.11 Å². The quantitative estimate of drug-likeness (QED) is 0.364. The van der Waals surface area contributed by atoms with Crippen molar-refractivity contribution in [3.05, 3.63) is 0 Å². The van der Waals surface area contributed by atoms with Crippen molar-refractivity contribution in [2.24, 2.45) is 16.7 Å².